The number of amidine groups is 1. The second kappa shape index (κ2) is 16.6. The number of rotatable bonds is 12. The van der Waals surface area contributed by atoms with Gasteiger partial charge in [-0.1, -0.05) is 46.3 Å². The van der Waals surface area contributed by atoms with E-state index in [-0.39, 0.29) is 11.4 Å². The van der Waals surface area contributed by atoms with E-state index in [0.29, 0.717) is 35.4 Å². The summed E-state index contributed by atoms with van der Waals surface area (Å²) in [5, 5.41) is 3.19. The smallest absolute Gasteiger partial charge is 0.172 e. The molecule has 0 saturated carbocycles. The van der Waals surface area contributed by atoms with Gasteiger partial charge in [0.2, 0.25) is 0 Å². The number of aliphatic imine (C=N–C) groups is 1. The zero-order valence-electron chi connectivity index (χ0n) is 26.6. The normalized spacial score (nSPS) is 16.4. The SMILES string of the molecule is C\C=C(/C=C(F)\C=C\CC)Oc1cc(F)c(NC(=N/C=C/CC)c2nc3c(cc2C)OCC(C)CN3CCCC)cc1C. The van der Waals surface area contributed by atoms with Crippen LogP contribution >= 0.6 is 0 Å². The average molecular weight is 593 g/mol. The number of nitrogens with one attached hydrogen (secondary N) is 1. The summed E-state index contributed by atoms with van der Waals surface area (Å²) in [4.78, 5) is 12.0. The van der Waals surface area contributed by atoms with Gasteiger partial charge in [0.25, 0.3) is 0 Å². The van der Waals surface area contributed by atoms with Gasteiger partial charge in [-0.2, -0.15) is 0 Å². The van der Waals surface area contributed by atoms with Crippen LogP contribution < -0.4 is 19.7 Å². The highest BCUT2D eigenvalue weighted by Gasteiger charge is 2.25. The fourth-order valence-electron chi connectivity index (χ4n) is 4.54. The molecule has 0 amide bonds. The third-order valence-electron chi connectivity index (χ3n) is 6.89. The summed E-state index contributed by atoms with van der Waals surface area (Å²) >= 11 is 0. The number of hydrogen-bond donors (Lipinski definition) is 1. The van der Waals surface area contributed by atoms with Crippen molar-refractivity contribution in [1.29, 1.82) is 0 Å². The first kappa shape index (κ1) is 33.6. The molecule has 2 heterocycles. The van der Waals surface area contributed by atoms with E-state index < -0.39 is 11.6 Å². The summed E-state index contributed by atoms with van der Waals surface area (Å²) in [5.74, 6) is 1.91. The quantitative estimate of drug-likeness (QED) is 0.115. The monoisotopic (exact) mass is 592 g/mol. The molecular formula is C35H46F2N4O2. The number of fused-ring (bicyclic) bond motifs is 1. The van der Waals surface area contributed by atoms with E-state index in [9.17, 15) is 4.39 Å². The van der Waals surface area contributed by atoms with E-state index >= 15 is 4.39 Å². The fraction of sp³-hybridized carbons (Fsp3) is 0.429. The minimum Gasteiger partial charge on any atom is -0.489 e. The second-order valence-corrected chi connectivity index (χ2v) is 10.8. The Morgan fingerprint density at radius 2 is 1.93 bits per heavy atom. The highest BCUT2D eigenvalue weighted by Crippen LogP contribution is 2.34. The van der Waals surface area contributed by atoms with Crippen LogP contribution in [0.25, 0.3) is 0 Å². The lowest BCUT2D eigenvalue weighted by Crippen LogP contribution is -2.30. The Bertz CT molecular complexity index is 1390. The van der Waals surface area contributed by atoms with Gasteiger partial charge >= 0.3 is 0 Å². The van der Waals surface area contributed by atoms with E-state index in [4.69, 9.17) is 14.5 Å². The van der Waals surface area contributed by atoms with E-state index in [1.165, 1.54) is 18.2 Å². The average Bonchev–Trinajstić information content (AvgIpc) is 3.13. The van der Waals surface area contributed by atoms with Crippen molar-refractivity contribution in [3.63, 3.8) is 0 Å². The molecule has 0 radical (unpaired) electrons. The molecule has 2 aromatic rings. The standard InChI is InChI=1S/C35H46F2N4O2/c1-8-12-15-27(36)20-28(11-4)43-31-21-29(37)30(18-25(31)6)39-34(38-16-13-9-2)33-26(7)19-32-35(40-33)41(17-14-10-3)22-24(5)23-42-32/h11-13,15-16,18-21,24H,8-10,14,17,22-23H2,1-7H3,(H,38,39)/b15-12+,16-13+,27-20+,28-11+. The van der Waals surface area contributed by atoms with E-state index in [2.05, 4.69) is 29.1 Å². The van der Waals surface area contributed by atoms with Gasteiger partial charge in [0.05, 0.1) is 12.3 Å². The lowest BCUT2D eigenvalue weighted by Gasteiger charge is -2.25. The molecule has 1 aromatic carbocycles. The molecule has 1 unspecified atom stereocenters. The zero-order chi connectivity index (χ0) is 31.4. The van der Waals surface area contributed by atoms with Gasteiger partial charge in [0.15, 0.2) is 17.4 Å². The molecule has 0 aliphatic carbocycles. The number of ether oxygens (including phenoxy) is 2. The Hall–Kier alpha value is -3.94. The molecule has 6 nitrogen and oxygen atoms in total. The molecule has 0 fully saturated rings. The first-order valence-electron chi connectivity index (χ1n) is 15.3. The minimum atomic E-state index is -0.535. The van der Waals surface area contributed by atoms with Gasteiger partial charge in [-0.05, 0) is 75.4 Å². The maximum atomic E-state index is 15.6. The number of nitrogens with zero attached hydrogens (tertiary/aromatic N) is 3. The van der Waals surface area contributed by atoms with Crippen LogP contribution in [-0.2, 0) is 0 Å². The topological polar surface area (TPSA) is 59.0 Å². The zero-order valence-corrected chi connectivity index (χ0v) is 26.6. The van der Waals surface area contributed by atoms with Crippen molar-refractivity contribution in [3.05, 3.63) is 89.0 Å². The van der Waals surface area contributed by atoms with Crippen molar-refractivity contribution < 1.29 is 18.3 Å². The number of pyridine rings is 1. The van der Waals surface area contributed by atoms with Crippen molar-refractivity contribution >= 4 is 17.3 Å². The van der Waals surface area contributed by atoms with E-state index in [1.54, 1.807) is 31.3 Å². The Morgan fingerprint density at radius 1 is 1.16 bits per heavy atom. The van der Waals surface area contributed by atoms with Crippen molar-refractivity contribution in [1.82, 2.24) is 4.98 Å². The molecule has 43 heavy (non-hydrogen) atoms. The number of benzene rings is 1. The number of halogens is 2. The van der Waals surface area contributed by atoms with Crippen molar-refractivity contribution in [2.45, 2.75) is 74.1 Å². The molecule has 1 aromatic heterocycles. The molecule has 0 saturated heterocycles. The Balaban J connectivity index is 1.99. The first-order chi connectivity index (χ1) is 20.7. The van der Waals surface area contributed by atoms with Gasteiger partial charge in [-0.15, -0.1) is 0 Å². The number of aromatic nitrogens is 1. The third kappa shape index (κ3) is 9.53. The molecule has 8 heteroatoms. The van der Waals surface area contributed by atoms with Crippen LogP contribution in [0.4, 0.5) is 20.3 Å². The first-order valence-corrected chi connectivity index (χ1v) is 15.3. The Morgan fingerprint density at radius 3 is 2.63 bits per heavy atom. The molecule has 0 spiro atoms. The lowest BCUT2D eigenvalue weighted by molar-refractivity contribution is 0.273. The van der Waals surface area contributed by atoms with Crippen LogP contribution in [0.15, 0.2) is 71.4 Å². The highest BCUT2D eigenvalue weighted by molar-refractivity contribution is 6.08. The summed E-state index contributed by atoms with van der Waals surface area (Å²) in [5.41, 5.74) is 2.38. The molecule has 3 rings (SSSR count). The van der Waals surface area contributed by atoms with Crippen LogP contribution in [0.3, 0.4) is 0 Å². The maximum absolute atomic E-state index is 15.6. The summed E-state index contributed by atoms with van der Waals surface area (Å²) in [6, 6.07) is 4.95. The summed E-state index contributed by atoms with van der Waals surface area (Å²) in [6.45, 7) is 16.2. The highest BCUT2D eigenvalue weighted by atomic mass is 19.1. The van der Waals surface area contributed by atoms with Gasteiger partial charge < -0.3 is 19.7 Å². The predicted molar refractivity (Wildman–Crippen MR) is 174 cm³/mol. The molecule has 1 aliphatic rings. The summed E-state index contributed by atoms with van der Waals surface area (Å²) < 4.78 is 41.8. The van der Waals surface area contributed by atoms with Crippen LogP contribution in [0.1, 0.15) is 77.1 Å². The second-order valence-electron chi connectivity index (χ2n) is 10.8. The predicted octanol–water partition coefficient (Wildman–Crippen LogP) is 9.36. The van der Waals surface area contributed by atoms with Crippen molar-refractivity contribution in [2.24, 2.45) is 10.9 Å². The van der Waals surface area contributed by atoms with Crippen LogP contribution in [0.2, 0.25) is 0 Å². The molecule has 1 aliphatic heterocycles. The van der Waals surface area contributed by atoms with Crippen molar-refractivity contribution in [2.75, 3.05) is 29.9 Å². The Labute approximate surface area is 255 Å². The van der Waals surface area contributed by atoms with E-state index in [0.717, 1.165) is 55.9 Å². The summed E-state index contributed by atoms with van der Waals surface area (Å²) in [6.07, 6.45) is 13.3. The molecule has 0 bridgehead atoms. The minimum absolute atomic E-state index is 0.229. The van der Waals surface area contributed by atoms with Crippen LogP contribution in [-0.4, -0.2) is 30.5 Å². The molecule has 232 valence electrons. The number of aryl methyl sites for hydroxylation is 2. The lowest BCUT2D eigenvalue weighted by atomic mass is 10.1. The molecule has 1 atom stereocenters. The van der Waals surface area contributed by atoms with Gasteiger partial charge in [-0.25, -0.2) is 18.8 Å². The van der Waals surface area contributed by atoms with Gasteiger partial charge in [0, 0.05) is 37.3 Å². The number of hydrogen-bond acceptors (Lipinski definition) is 5. The van der Waals surface area contributed by atoms with Gasteiger partial charge in [0.1, 0.15) is 28.8 Å². The van der Waals surface area contributed by atoms with Crippen molar-refractivity contribution in [3.8, 4) is 11.5 Å². The summed E-state index contributed by atoms with van der Waals surface area (Å²) in [7, 11) is 0. The molecule has 1 N–H and O–H groups in total. The maximum Gasteiger partial charge on any atom is 0.172 e. The van der Waals surface area contributed by atoms with Crippen LogP contribution in [0.5, 0.6) is 11.5 Å². The van der Waals surface area contributed by atoms with Crippen LogP contribution in [0, 0.1) is 25.6 Å². The van der Waals surface area contributed by atoms with E-state index in [1.807, 2.05) is 39.8 Å². The van der Waals surface area contributed by atoms with Gasteiger partial charge in [-0.3, -0.25) is 0 Å². The number of anilines is 2. The number of unbranched alkanes of at least 4 members (excludes halogenated alkanes) is 1. The largest absolute Gasteiger partial charge is 0.489 e. The Kier molecular flexibility index (Phi) is 13.0. The molecular weight excluding hydrogens is 546 g/mol. The number of allylic oxidation sites excluding steroid dienone is 6. The third-order valence-corrected chi connectivity index (χ3v) is 6.89. The fourth-order valence-corrected chi connectivity index (χ4v) is 4.54.